The maximum Gasteiger partial charge on any atom is 0.283 e. The van der Waals surface area contributed by atoms with E-state index in [1.165, 1.54) is 6.07 Å². The Labute approximate surface area is 152 Å². The summed E-state index contributed by atoms with van der Waals surface area (Å²) in [6.07, 6.45) is 0. The quantitative estimate of drug-likeness (QED) is 0.766. The lowest BCUT2D eigenvalue weighted by Gasteiger charge is -2.23. The first-order valence-corrected chi connectivity index (χ1v) is 9.63. The second-order valence-corrected chi connectivity index (χ2v) is 7.59. The van der Waals surface area contributed by atoms with Crippen LogP contribution in [0.1, 0.15) is 12.5 Å². The SMILES string of the molecule is CCN1/C(=C(/C#N)C2=NS(=O)(=O)c3ccccc32)N(C)c2ccccc21. The first-order valence-electron chi connectivity index (χ1n) is 8.19. The van der Waals surface area contributed by atoms with Crippen molar-refractivity contribution in [3.8, 4) is 6.07 Å². The first kappa shape index (κ1) is 16.4. The highest BCUT2D eigenvalue weighted by Crippen LogP contribution is 2.42. The molecule has 6 nitrogen and oxygen atoms in total. The van der Waals surface area contributed by atoms with Crippen LogP contribution in [0.15, 0.2) is 69.2 Å². The number of para-hydroxylation sites is 2. The molecule has 0 bridgehead atoms. The van der Waals surface area contributed by atoms with Crippen molar-refractivity contribution in [1.82, 2.24) is 0 Å². The van der Waals surface area contributed by atoms with E-state index in [4.69, 9.17) is 0 Å². The molecule has 2 aliphatic heterocycles. The normalized spacial score (nSPS) is 18.9. The summed E-state index contributed by atoms with van der Waals surface area (Å²) in [6.45, 7) is 2.63. The van der Waals surface area contributed by atoms with Crippen molar-refractivity contribution in [2.45, 2.75) is 11.8 Å². The molecule has 0 aromatic heterocycles. The number of hydrogen-bond donors (Lipinski definition) is 0. The van der Waals surface area contributed by atoms with Crippen LogP contribution in [0.4, 0.5) is 11.4 Å². The van der Waals surface area contributed by atoms with Crippen LogP contribution >= 0.6 is 0 Å². The zero-order valence-corrected chi connectivity index (χ0v) is 15.2. The van der Waals surface area contributed by atoms with Gasteiger partial charge in [-0.1, -0.05) is 30.3 Å². The Morgan fingerprint density at radius 3 is 2.46 bits per heavy atom. The lowest BCUT2D eigenvalue weighted by molar-refractivity contribution is 0.599. The fraction of sp³-hybridized carbons (Fsp3) is 0.158. The number of rotatable bonds is 2. The van der Waals surface area contributed by atoms with Gasteiger partial charge < -0.3 is 9.80 Å². The molecule has 0 saturated heterocycles. The van der Waals surface area contributed by atoms with Crippen LogP contribution in [0.3, 0.4) is 0 Å². The smallest absolute Gasteiger partial charge is 0.283 e. The third-order valence-electron chi connectivity index (χ3n) is 4.63. The largest absolute Gasteiger partial charge is 0.328 e. The molecule has 26 heavy (non-hydrogen) atoms. The van der Waals surface area contributed by atoms with Crippen LogP contribution in [0.25, 0.3) is 0 Å². The highest BCUT2D eigenvalue weighted by Gasteiger charge is 2.36. The van der Waals surface area contributed by atoms with E-state index in [9.17, 15) is 13.7 Å². The predicted octanol–water partition coefficient (Wildman–Crippen LogP) is 2.89. The van der Waals surface area contributed by atoms with Gasteiger partial charge in [0.05, 0.1) is 16.3 Å². The lowest BCUT2D eigenvalue weighted by atomic mass is 10.0. The van der Waals surface area contributed by atoms with E-state index in [0.717, 1.165) is 11.4 Å². The molecule has 0 saturated carbocycles. The molecule has 2 aromatic rings. The Morgan fingerprint density at radius 1 is 1.12 bits per heavy atom. The minimum atomic E-state index is -3.78. The fourth-order valence-electron chi connectivity index (χ4n) is 3.50. The van der Waals surface area contributed by atoms with E-state index in [2.05, 4.69) is 10.5 Å². The molecular formula is C19H16N4O2S. The Kier molecular flexibility index (Phi) is 3.60. The fourth-order valence-corrected chi connectivity index (χ4v) is 4.72. The van der Waals surface area contributed by atoms with E-state index in [0.29, 0.717) is 17.9 Å². The van der Waals surface area contributed by atoms with Gasteiger partial charge in [0, 0.05) is 19.2 Å². The molecule has 0 unspecified atom stereocenters. The van der Waals surface area contributed by atoms with Crippen molar-refractivity contribution >= 4 is 27.1 Å². The lowest BCUT2D eigenvalue weighted by Crippen LogP contribution is -2.29. The van der Waals surface area contributed by atoms with Crippen LogP contribution in [0.2, 0.25) is 0 Å². The molecule has 130 valence electrons. The molecule has 0 atom stereocenters. The van der Waals surface area contributed by atoms with E-state index in [1.807, 2.05) is 48.0 Å². The molecule has 0 aliphatic carbocycles. The predicted molar refractivity (Wildman–Crippen MR) is 101 cm³/mol. The summed E-state index contributed by atoms with van der Waals surface area (Å²) in [6, 6.07) is 16.6. The number of benzene rings is 2. The number of nitrogens with zero attached hydrogens (tertiary/aromatic N) is 4. The summed E-state index contributed by atoms with van der Waals surface area (Å²) in [4.78, 5) is 4.06. The summed E-state index contributed by atoms with van der Waals surface area (Å²) in [5, 5.41) is 9.92. The maximum atomic E-state index is 12.4. The van der Waals surface area contributed by atoms with Crippen molar-refractivity contribution in [2.24, 2.45) is 4.40 Å². The molecule has 0 amide bonds. The van der Waals surface area contributed by atoms with E-state index < -0.39 is 10.0 Å². The van der Waals surface area contributed by atoms with Gasteiger partial charge in [-0.25, -0.2) is 0 Å². The van der Waals surface area contributed by atoms with Crippen molar-refractivity contribution < 1.29 is 8.42 Å². The van der Waals surface area contributed by atoms with Gasteiger partial charge in [-0.2, -0.15) is 18.1 Å². The van der Waals surface area contributed by atoms with Crippen molar-refractivity contribution in [2.75, 3.05) is 23.4 Å². The highest BCUT2D eigenvalue weighted by molar-refractivity contribution is 7.90. The molecule has 2 heterocycles. The zero-order valence-electron chi connectivity index (χ0n) is 14.3. The van der Waals surface area contributed by atoms with Crippen LogP contribution in [0, 0.1) is 11.3 Å². The molecule has 7 heteroatoms. The third-order valence-corrected chi connectivity index (χ3v) is 5.96. The third kappa shape index (κ3) is 2.16. The molecule has 0 radical (unpaired) electrons. The number of sulfonamides is 1. The summed E-state index contributed by atoms with van der Waals surface area (Å²) in [5.74, 6) is 0.641. The summed E-state index contributed by atoms with van der Waals surface area (Å²) < 4.78 is 28.7. The van der Waals surface area contributed by atoms with Crippen LogP contribution in [0.5, 0.6) is 0 Å². The van der Waals surface area contributed by atoms with Gasteiger partial charge in [0.15, 0.2) is 0 Å². The summed E-state index contributed by atoms with van der Waals surface area (Å²) in [5.41, 5.74) is 2.87. The van der Waals surface area contributed by atoms with Gasteiger partial charge in [0.2, 0.25) is 0 Å². The number of nitriles is 1. The molecule has 4 rings (SSSR count). The summed E-state index contributed by atoms with van der Waals surface area (Å²) >= 11 is 0. The van der Waals surface area contributed by atoms with Gasteiger partial charge in [-0.15, -0.1) is 0 Å². The van der Waals surface area contributed by atoms with E-state index in [-0.39, 0.29) is 16.2 Å². The molecule has 0 N–H and O–H groups in total. The molecular weight excluding hydrogens is 348 g/mol. The minimum absolute atomic E-state index is 0.143. The monoisotopic (exact) mass is 364 g/mol. The summed E-state index contributed by atoms with van der Waals surface area (Å²) in [7, 11) is -1.91. The standard InChI is InChI=1S/C19H16N4O2S/c1-3-23-16-10-6-5-9-15(16)22(2)19(23)14(12-20)18-13-8-4-7-11-17(13)26(24,25)21-18/h4-11H,3H2,1-2H3/b19-14-. The van der Waals surface area contributed by atoms with Gasteiger partial charge in [-0.05, 0) is 25.1 Å². The van der Waals surface area contributed by atoms with Crippen molar-refractivity contribution in [3.63, 3.8) is 0 Å². The number of fused-ring (bicyclic) bond motifs is 2. The number of hydrogen-bond acceptors (Lipinski definition) is 5. The molecule has 2 aliphatic rings. The number of anilines is 2. The molecule has 2 aromatic carbocycles. The van der Waals surface area contributed by atoms with Crippen LogP contribution in [-0.2, 0) is 10.0 Å². The highest BCUT2D eigenvalue weighted by atomic mass is 32.2. The average Bonchev–Trinajstić information content (AvgIpc) is 3.09. The Balaban J connectivity index is 1.99. The topological polar surface area (TPSA) is 76.8 Å². The Bertz CT molecular complexity index is 1130. The van der Waals surface area contributed by atoms with Gasteiger partial charge in [0.1, 0.15) is 23.2 Å². The number of allylic oxidation sites excluding steroid dienone is 1. The second kappa shape index (κ2) is 5.71. The Hall–Kier alpha value is -3.11. The van der Waals surface area contributed by atoms with Gasteiger partial charge in [-0.3, -0.25) is 0 Å². The Morgan fingerprint density at radius 2 is 1.77 bits per heavy atom. The average molecular weight is 364 g/mol. The van der Waals surface area contributed by atoms with Crippen LogP contribution < -0.4 is 9.80 Å². The van der Waals surface area contributed by atoms with E-state index in [1.54, 1.807) is 18.2 Å². The minimum Gasteiger partial charge on any atom is -0.328 e. The van der Waals surface area contributed by atoms with E-state index >= 15 is 0 Å². The van der Waals surface area contributed by atoms with Gasteiger partial charge >= 0.3 is 0 Å². The second-order valence-electron chi connectivity index (χ2n) is 6.01. The molecule has 0 spiro atoms. The van der Waals surface area contributed by atoms with Crippen molar-refractivity contribution in [1.29, 1.82) is 5.26 Å². The van der Waals surface area contributed by atoms with Gasteiger partial charge in [0.25, 0.3) is 10.0 Å². The first-order chi connectivity index (χ1) is 12.5. The zero-order chi connectivity index (χ0) is 18.5. The van der Waals surface area contributed by atoms with Crippen LogP contribution in [-0.4, -0.2) is 27.7 Å². The maximum absolute atomic E-state index is 12.4. The molecule has 0 fully saturated rings. The van der Waals surface area contributed by atoms with Crippen molar-refractivity contribution in [3.05, 3.63) is 65.5 Å².